The first-order valence-electron chi connectivity index (χ1n) is 7.22. The first-order chi connectivity index (χ1) is 11.3. The third-order valence-corrected chi connectivity index (χ3v) is 3.37. The van der Waals surface area contributed by atoms with Crippen LogP contribution in [0.4, 0.5) is 0 Å². The average Bonchev–Trinajstić information content (AvgIpc) is 3.29. The molecular formula is C20H14FeO3. The molecule has 0 saturated carbocycles. The third-order valence-electron chi connectivity index (χ3n) is 3.37. The molecule has 2 radical (unpaired) electrons. The van der Waals surface area contributed by atoms with Gasteiger partial charge in [0.25, 0.3) is 0 Å². The Morgan fingerprint density at radius 2 is 1.67 bits per heavy atom. The molecule has 0 atom stereocenters. The van der Waals surface area contributed by atoms with Crippen molar-refractivity contribution in [2.45, 2.75) is 0 Å². The van der Waals surface area contributed by atoms with E-state index in [1.807, 2.05) is 36.8 Å². The van der Waals surface area contributed by atoms with E-state index in [0.717, 1.165) is 5.39 Å². The Kier molecular flexibility index (Phi) is 6.30. The SMILES string of the molecule is O=C(C1=C[CH]C=C1)c1cc2ccccc2oc1=O.[CH]1C=CC=C1.[Fe]. The number of Topliss-reactive ketones (excluding diaryl/α,β-unsaturated/α-hetero) is 1. The van der Waals surface area contributed by atoms with E-state index in [9.17, 15) is 9.59 Å². The summed E-state index contributed by atoms with van der Waals surface area (Å²) in [5.74, 6) is -0.306. The molecule has 2 aromatic rings. The molecule has 2 aliphatic rings. The summed E-state index contributed by atoms with van der Waals surface area (Å²) in [6.07, 6.45) is 16.9. The van der Waals surface area contributed by atoms with Crippen LogP contribution in [0.15, 0.2) is 87.6 Å². The zero-order chi connectivity index (χ0) is 16.1. The van der Waals surface area contributed by atoms with E-state index < -0.39 is 5.63 Å². The van der Waals surface area contributed by atoms with Crippen molar-refractivity contribution in [3.05, 3.63) is 107 Å². The van der Waals surface area contributed by atoms with Crippen molar-refractivity contribution in [3.8, 4) is 0 Å². The molecule has 0 bridgehead atoms. The van der Waals surface area contributed by atoms with E-state index in [-0.39, 0.29) is 28.4 Å². The van der Waals surface area contributed by atoms with Gasteiger partial charge in [0.15, 0.2) is 5.78 Å². The molecule has 0 saturated heterocycles. The number of para-hydroxylation sites is 1. The molecule has 1 aromatic heterocycles. The fraction of sp³-hybridized carbons (Fsp3) is 0. The summed E-state index contributed by atoms with van der Waals surface area (Å²) in [6.45, 7) is 0. The predicted octanol–water partition coefficient (Wildman–Crippen LogP) is 3.99. The molecule has 24 heavy (non-hydrogen) atoms. The Balaban J connectivity index is 0.000000300. The van der Waals surface area contributed by atoms with E-state index in [2.05, 4.69) is 0 Å². The Morgan fingerprint density at radius 3 is 2.29 bits per heavy atom. The number of ketones is 1. The van der Waals surface area contributed by atoms with Crippen molar-refractivity contribution in [1.82, 2.24) is 0 Å². The Bertz CT molecular complexity index is 904. The summed E-state index contributed by atoms with van der Waals surface area (Å²) in [6, 6.07) is 8.70. The summed E-state index contributed by atoms with van der Waals surface area (Å²) in [5, 5.41) is 0.743. The molecule has 120 valence electrons. The van der Waals surface area contributed by atoms with Crippen molar-refractivity contribution in [3.63, 3.8) is 0 Å². The second-order valence-electron chi connectivity index (χ2n) is 4.95. The molecule has 1 heterocycles. The first-order valence-corrected chi connectivity index (χ1v) is 7.22. The molecule has 0 amide bonds. The number of fused-ring (bicyclic) bond motifs is 1. The van der Waals surface area contributed by atoms with Crippen LogP contribution in [0.2, 0.25) is 0 Å². The monoisotopic (exact) mass is 358 g/mol. The molecule has 0 N–H and O–H groups in total. The van der Waals surface area contributed by atoms with Gasteiger partial charge in [-0.25, -0.2) is 4.79 Å². The zero-order valence-corrected chi connectivity index (χ0v) is 13.8. The number of hydrogen-bond donors (Lipinski definition) is 0. The number of benzene rings is 1. The van der Waals surface area contributed by atoms with Crippen LogP contribution in [0.25, 0.3) is 11.0 Å². The van der Waals surface area contributed by atoms with Gasteiger partial charge in [0.05, 0.1) is 0 Å². The topological polar surface area (TPSA) is 47.3 Å². The second-order valence-corrected chi connectivity index (χ2v) is 4.95. The maximum atomic E-state index is 12.1. The molecule has 4 rings (SSSR count). The van der Waals surface area contributed by atoms with Crippen LogP contribution in [0.1, 0.15) is 10.4 Å². The van der Waals surface area contributed by atoms with Crippen LogP contribution < -0.4 is 5.63 Å². The van der Waals surface area contributed by atoms with Crippen molar-refractivity contribution in [1.29, 1.82) is 0 Å². The van der Waals surface area contributed by atoms with Gasteiger partial charge in [0, 0.05) is 40.9 Å². The number of hydrogen-bond acceptors (Lipinski definition) is 3. The average molecular weight is 358 g/mol. The van der Waals surface area contributed by atoms with E-state index in [0.29, 0.717) is 11.2 Å². The first kappa shape index (κ1) is 17.9. The minimum Gasteiger partial charge on any atom is -0.422 e. The Labute approximate surface area is 150 Å². The van der Waals surface area contributed by atoms with Gasteiger partial charge in [-0.3, -0.25) is 4.79 Å². The summed E-state index contributed by atoms with van der Waals surface area (Å²) in [4.78, 5) is 23.9. The molecule has 0 spiro atoms. The van der Waals surface area contributed by atoms with Gasteiger partial charge in [0.1, 0.15) is 11.1 Å². The van der Waals surface area contributed by atoms with Gasteiger partial charge in [-0.05, 0) is 12.1 Å². The van der Waals surface area contributed by atoms with Crippen molar-refractivity contribution in [2.24, 2.45) is 0 Å². The molecule has 4 heteroatoms. The van der Waals surface area contributed by atoms with Crippen molar-refractivity contribution >= 4 is 16.8 Å². The van der Waals surface area contributed by atoms with Crippen LogP contribution in [0, 0.1) is 12.8 Å². The summed E-state index contributed by atoms with van der Waals surface area (Å²) in [5.41, 5.74) is 0.457. The summed E-state index contributed by atoms with van der Waals surface area (Å²) in [7, 11) is 0. The van der Waals surface area contributed by atoms with Crippen LogP contribution in [-0.4, -0.2) is 5.78 Å². The Morgan fingerprint density at radius 1 is 0.917 bits per heavy atom. The van der Waals surface area contributed by atoms with E-state index in [1.165, 1.54) is 0 Å². The van der Waals surface area contributed by atoms with Crippen LogP contribution in [-0.2, 0) is 17.1 Å². The van der Waals surface area contributed by atoms with E-state index in [1.54, 1.807) is 48.9 Å². The molecule has 1 aromatic carbocycles. The fourth-order valence-electron chi connectivity index (χ4n) is 2.22. The largest absolute Gasteiger partial charge is 0.422 e. The normalized spacial score (nSPS) is 14.1. The number of rotatable bonds is 2. The molecule has 0 fully saturated rings. The smallest absolute Gasteiger partial charge is 0.347 e. The van der Waals surface area contributed by atoms with Crippen molar-refractivity contribution in [2.75, 3.05) is 0 Å². The zero-order valence-electron chi connectivity index (χ0n) is 12.7. The fourth-order valence-corrected chi connectivity index (χ4v) is 2.22. The number of allylic oxidation sites excluding steroid dienone is 8. The molecule has 3 nitrogen and oxygen atoms in total. The van der Waals surface area contributed by atoms with Crippen LogP contribution >= 0.6 is 0 Å². The van der Waals surface area contributed by atoms with Gasteiger partial charge in [0.2, 0.25) is 0 Å². The maximum Gasteiger partial charge on any atom is 0.347 e. The molecule has 0 aliphatic heterocycles. The van der Waals surface area contributed by atoms with Crippen LogP contribution in [0.3, 0.4) is 0 Å². The molecule has 2 aliphatic carbocycles. The second kappa shape index (κ2) is 8.44. The van der Waals surface area contributed by atoms with Gasteiger partial charge in [-0.1, -0.05) is 60.7 Å². The quantitative estimate of drug-likeness (QED) is 0.463. The van der Waals surface area contributed by atoms with Gasteiger partial charge in [-0.15, -0.1) is 0 Å². The van der Waals surface area contributed by atoms with Gasteiger partial charge < -0.3 is 4.42 Å². The predicted molar refractivity (Wildman–Crippen MR) is 90.9 cm³/mol. The van der Waals surface area contributed by atoms with E-state index in [4.69, 9.17) is 4.42 Å². The van der Waals surface area contributed by atoms with Crippen LogP contribution in [0.5, 0.6) is 0 Å². The summed E-state index contributed by atoms with van der Waals surface area (Å²) >= 11 is 0. The summed E-state index contributed by atoms with van der Waals surface area (Å²) < 4.78 is 5.14. The minimum atomic E-state index is -0.597. The number of carbonyl (C=O) groups excluding carboxylic acids is 1. The molecule has 0 unspecified atom stereocenters. The minimum absolute atomic E-state index is 0. The van der Waals surface area contributed by atoms with Crippen molar-refractivity contribution < 1.29 is 26.3 Å². The molecular weight excluding hydrogens is 344 g/mol. The van der Waals surface area contributed by atoms with Gasteiger partial charge >= 0.3 is 5.63 Å². The van der Waals surface area contributed by atoms with E-state index >= 15 is 0 Å². The maximum absolute atomic E-state index is 12.1. The van der Waals surface area contributed by atoms with Gasteiger partial charge in [-0.2, -0.15) is 0 Å². The standard InChI is InChI=1S/C15H9O3.C5H5.Fe/c16-14(10-5-1-2-6-10)12-9-11-7-3-4-8-13(11)18-15(12)17;1-2-4-5-3-1;/h1-9H;1-5H;. The number of carbonyl (C=O) groups is 1. The Hall–Kier alpha value is -2.42. The third kappa shape index (κ3) is 4.10.